The van der Waals surface area contributed by atoms with Crippen molar-refractivity contribution in [2.24, 2.45) is 0 Å². The van der Waals surface area contributed by atoms with Gasteiger partial charge in [0, 0.05) is 16.6 Å². The molecule has 2 heterocycles. The highest BCUT2D eigenvalue weighted by Crippen LogP contribution is 2.33. The summed E-state index contributed by atoms with van der Waals surface area (Å²) in [7, 11) is 0. The first-order valence-corrected chi connectivity index (χ1v) is 5.93. The number of nitrogen functional groups attached to an aromatic ring is 1. The molecule has 0 spiro atoms. The summed E-state index contributed by atoms with van der Waals surface area (Å²) < 4.78 is 5.79. The summed E-state index contributed by atoms with van der Waals surface area (Å²) in [5.74, 6) is 1.19. The van der Waals surface area contributed by atoms with Gasteiger partial charge in [0.05, 0.1) is 5.56 Å². The van der Waals surface area contributed by atoms with Gasteiger partial charge in [0.15, 0.2) is 0 Å². The first-order chi connectivity index (χ1) is 8.65. The standard InChI is InChI=1S/C14H11ClN2O/c1-8-4-5-17-14(16)13(8)12-7-9-6-10(15)2-3-11(9)18-12/h2-7H,1H3,(H2,16,17). The molecule has 0 amide bonds. The van der Waals surface area contributed by atoms with Gasteiger partial charge in [-0.25, -0.2) is 4.98 Å². The van der Waals surface area contributed by atoms with E-state index in [0.717, 1.165) is 27.9 Å². The van der Waals surface area contributed by atoms with Crippen molar-refractivity contribution in [3.8, 4) is 11.3 Å². The van der Waals surface area contributed by atoms with Gasteiger partial charge < -0.3 is 10.2 Å². The summed E-state index contributed by atoms with van der Waals surface area (Å²) >= 11 is 5.96. The molecule has 3 rings (SSSR count). The van der Waals surface area contributed by atoms with E-state index in [4.69, 9.17) is 21.8 Å². The fourth-order valence-corrected chi connectivity index (χ4v) is 2.22. The highest BCUT2D eigenvalue weighted by molar-refractivity contribution is 6.31. The van der Waals surface area contributed by atoms with Crippen molar-refractivity contribution < 1.29 is 4.42 Å². The molecule has 0 bridgehead atoms. The lowest BCUT2D eigenvalue weighted by Crippen LogP contribution is -1.94. The lowest BCUT2D eigenvalue weighted by molar-refractivity contribution is 0.631. The van der Waals surface area contributed by atoms with Crippen LogP contribution in [0, 0.1) is 6.92 Å². The summed E-state index contributed by atoms with van der Waals surface area (Å²) in [5, 5.41) is 1.64. The zero-order valence-corrected chi connectivity index (χ0v) is 10.5. The van der Waals surface area contributed by atoms with Crippen LogP contribution in [0.25, 0.3) is 22.3 Å². The van der Waals surface area contributed by atoms with Crippen LogP contribution in [0.1, 0.15) is 5.56 Å². The van der Waals surface area contributed by atoms with Crippen molar-refractivity contribution in [1.82, 2.24) is 4.98 Å². The summed E-state index contributed by atoms with van der Waals surface area (Å²) in [6.45, 7) is 1.98. The molecule has 2 N–H and O–H groups in total. The van der Waals surface area contributed by atoms with Crippen LogP contribution in [0.3, 0.4) is 0 Å². The molecule has 0 atom stereocenters. The largest absolute Gasteiger partial charge is 0.456 e. The average molecular weight is 259 g/mol. The van der Waals surface area contributed by atoms with Crippen LogP contribution in [0.5, 0.6) is 0 Å². The second kappa shape index (κ2) is 4.03. The summed E-state index contributed by atoms with van der Waals surface area (Å²) in [6, 6.07) is 9.36. The van der Waals surface area contributed by atoms with E-state index in [0.29, 0.717) is 10.8 Å². The monoisotopic (exact) mass is 258 g/mol. The Kier molecular flexibility index (Phi) is 2.49. The van der Waals surface area contributed by atoms with Gasteiger partial charge in [-0.2, -0.15) is 0 Å². The van der Waals surface area contributed by atoms with Gasteiger partial charge in [0.25, 0.3) is 0 Å². The molecule has 0 radical (unpaired) electrons. The van der Waals surface area contributed by atoms with Crippen LogP contribution in [-0.4, -0.2) is 4.98 Å². The maximum Gasteiger partial charge on any atom is 0.139 e. The van der Waals surface area contributed by atoms with Crippen LogP contribution in [-0.2, 0) is 0 Å². The predicted octanol–water partition coefficient (Wildman–Crippen LogP) is 4.04. The van der Waals surface area contributed by atoms with E-state index < -0.39 is 0 Å². The number of anilines is 1. The topological polar surface area (TPSA) is 52.0 Å². The lowest BCUT2D eigenvalue weighted by atomic mass is 10.1. The fourth-order valence-electron chi connectivity index (χ4n) is 2.04. The first kappa shape index (κ1) is 11.1. The quantitative estimate of drug-likeness (QED) is 0.717. The number of hydrogen-bond donors (Lipinski definition) is 1. The number of aryl methyl sites for hydroxylation is 1. The number of hydrogen-bond acceptors (Lipinski definition) is 3. The van der Waals surface area contributed by atoms with Crippen molar-refractivity contribution in [3.05, 3.63) is 47.1 Å². The van der Waals surface area contributed by atoms with Crippen LogP contribution in [0.4, 0.5) is 5.82 Å². The second-order valence-electron chi connectivity index (χ2n) is 4.18. The molecule has 0 aliphatic rings. The highest BCUT2D eigenvalue weighted by atomic mass is 35.5. The number of rotatable bonds is 1. The minimum atomic E-state index is 0.472. The smallest absolute Gasteiger partial charge is 0.139 e. The Morgan fingerprint density at radius 3 is 2.83 bits per heavy atom. The molecule has 0 fully saturated rings. The second-order valence-corrected chi connectivity index (χ2v) is 4.62. The number of furan rings is 1. The molecule has 3 nitrogen and oxygen atoms in total. The van der Waals surface area contributed by atoms with Gasteiger partial charge in [-0.15, -0.1) is 0 Å². The van der Waals surface area contributed by atoms with E-state index in [1.165, 1.54) is 0 Å². The molecule has 0 aliphatic heterocycles. The Labute approximate surface area is 109 Å². The lowest BCUT2D eigenvalue weighted by Gasteiger charge is -2.04. The number of aromatic nitrogens is 1. The van der Waals surface area contributed by atoms with Crippen molar-refractivity contribution in [1.29, 1.82) is 0 Å². The molecular weight excluding hydrogens is 248 g/mol. The van der Waals surface area contributed by atoms with Crippen molar-refractivity contribution >= 4 is 28.4 Å². The normalized spacial score (nSPS) is 11.0. The third kappa shape index (κ3) is 1.73. The maximum absolute atomic E-state index is 5.96. The number of nitrogens with zero attached hydrogens (tertiary/aromatic N) is 1. The van der Waals surface area contributed by atoms with E-state index in [-0.39, 0.29) is 0 Å². The Morgan fingerprint density at radius 2 is 2.06 bits per heavy atom. The summed E-state index contributed by atoms with van der Waals surface area (Å²) in [4.78, 5) is 4.10. The zero-order valence-electron chi connectivity index (χ0n) is 9.77. The maximum atomic E-state index is 5.96. The number of fused-ring (bicyclic) bond motifs is 1. The van der Waals surface area contributed by atoms with Crippen molar-refractivity contribution in [2.45, 2.75) is 6.92 Å². The molecule has 4 heteroatoms. The predicted molar refractivity (Wildman–Crippen MR) is 73.6 cm³/mol. The van der Waals surface area contributed by atoms with Crippen LogP contribution in [0.2, 0.25) is 5.02 Å². The van der Waals surface area contributed by atoms with Gasteiger partial charge in [-0.05, 0) is 42.8 Å². The van der Waals surface area contributed by atoms with E-state index in [9.17, 15) is 0 Å². The summed E-state index contributed by atoms with van der Waals surface area (Å²) in [5.41, 5.74) is 8.57. The van der Waals surface area contributed by atoms with Gasteiger partial charge in [-0.3, -0.25) is 0 Å². The Bertz CT molecular complexity index is 713. The average Bonchev–Trinajstić information content (AvgIpc) is 2.71. The van der Waals surface area contributed by atoms with E-state index in [2.05, 4.69) is 4.98 Å². The van der Waals surface area contributed by atoms with Gasteiger partial charge in [-0.1, -0.05) is 11.6 Å². The summed E-state index contributed by atoms with van der Waals surface area (Å²) in [6.07, 6.45) is 1.69. The fraction of sp³-hybridized carbons (Fsp3) is 0.0714. The number of halogens is 1. The molecular formula is C14H11ClN2O. The third-order valence-electron chi connectivity index (χ3n) is 2.91. The Morgan fingerprint density at radius 1 is 1.22 bits per heavy atom. The van der Waals surface area contributed by atoms with Crippen molar-refractivity contribution in [3.63, 3.8) is 0 Å². The number of benzene rings is 1. The van der Waals surface area contributed by atoms with E-state index in [1.54, 1.807) is 12.3 Å². The van der Waals surface area contributed by atoms with Gasteiger partial charge in [0.2, 0.25) is 0 Å². The van der Waals surface area contributed by atoms with Crippen molar-refractivity contribution in [2.75, 3.05) is 5.73 Å². The van der Waals surface area contributed by atoms with Crippen LogP contribution < -0.4 is 5.73 Å². The van der Waals surface area contributed by atoms with E-state index in [1.807, 2.05) is 31.2 Å². The number of pyridine rings is 1. The first-order valence-electron chi connectivity index (χ1n) is 5.56. The van der Waals surface area contributed by atoms with Gasteiger partial charge in [0.1, 0.15) is 17.2 Å². The minimum absolute atomic E-state index is 0.472. The van der Waals surface area contributed by atoms with E-state index >= 15 is 0 Å². The number of nitrogens with two attached hydrogens (primary N) is 1. The SMILES string of the molecule is Cc1ccnc(N)c1-c1cc2cc(Cl)ccc2o1. The molecule has 3 aromatic rings. The zero-order chi connectivity index (χ0) is 12.7. The Balaban J connectivity index is 2.26. The molecule has 0 saturated carbocycles. The van der Waals surface area contributed by atoms with Gasteiger partial charge >= 0.3 is 0 Å². The minimum Gasteiger partial charge on any atom is -0.456 e. The molecule has 0 unspecified atom stereocenters. The molecule has 2 aromatic heterocycles. The molecule has 1 aromatic carbocycles. The highest BCUT2D eigenvalue weighted by Gasteiger charge is 2.12. The van der Waals surface area contributed by atoms with Crippen LogP contribution >= 0.6 is 11.6 Å². The van der Waals surface area contributed by atoms with Crippen LogP contribution in [0.15, 0.2) is 40.9 Å². The molecule has 0 aliphatic carbocycles. The third-order valence-corrected chi connectivity index (χ3v) is 3.15. The molecule has 0 saturated heterocycles. The molecule has 18 heavy (non-hydrogen) atoms. The Hall–Kier alpha value is -2.00. The molecule has 90 valence electrons.